The molecule has 0 aromatic rings. The number of alkyl halides is 1. The highest BCUT2D eigenvalue weighted by molar-refractivity contribution is 9.09. The molecule has 2 unspecified atom stereocenters. The first-order valence-corrected chi connectivity index (χ1v) is 5.99. The number of nitrogens with zero attached hydrogens (tertiary/aromatic N) is 1. The van der Waals surface area contributed by atoms with Gasteiger partial charge in [-0.25, -0.2) is 0 Å². The van der Waals surface area contributed by atoms with Gasteiger partial charge in [-0.1, -0.05) is 22.4 Å². The number of β-amino-alcohol motifs (C(OH)–C–C–N with tert-alkyl or cyclic N) is 1. The smallest absolute Gasteiger partial charge is 0.0763 e. The maximum atomic E-state index is 9.45. The molecule has 2 atom stereocenters. The second kappa shape index (κ2) is 5.96. The van der Waals surface area contributed by atoms with E-state index in [1.807, 2.05) is 0 Å². The summed E-state index contributed by atoms with van der Waals surface area (Å²) < 4.78 is 0. The minimum Gasteiger partial charge on any atom is -0.395 e. The van der Waals surface area contributed by atoms with Crippen molar-refractivity contribution in [2.75, 3.05) is 25.0 Å². The predicted octanol–water partition coefficient (Wildman–Crippen LogP) is 0.589. The molecule has 1 saturated heterocycles. The van der Waals surface area contributed by atoms with Gasteiger partial charge in [0.2, 0.25) is 0 Å². The number of aliphatic hydroxyl groups is 2. The van der Waals surface area contributed by atoms with Gasteiger partial charge in [0.15, 0.2) is 0 Å². The highest BCUT2D eigenvalue weighted by Crippen LogP contribution is 2.16. The van der Waals surface area contributed by atoms with Crippen molar-refractivity contribution in [3.05, 3.63) is 0 Å². The van der Waals surface area contributed by atoms with Crippen LogP contribution in [0.4, 0.5) is 0 Å². The average molecular weight is 252 g/mol. The van der Waals surface area contributed by atoms with Crippen molar-refractivity contribution in [3.63, 3.8) is 0 Å². The first kappa shape index (κ1) is 11.4. The Kier molecular flexibility index (Phi) is 5.24. The van der Waals surface area contributed by atoms with Gasteiger partial charge in [-0.05, 0) is 19.4 Å². The van der Waals surface area contributed by atoms with Crippen LogP contribution in [0, 0.1) is 0 Å². The Morgan fingerprint density at radius 2 is 2.23 bits per heavy atom. The second-order valence-corrected chi connectivity index (χ2v) is 4.28. The lowest BCUT2D eigenvalue weighted by atomic mass is 10.0. The molecule has 1 aliphatic rings. The topological polar surface area (TPSA) is 43.7 Å². The van der Waals surface area contributed by atoms with Crippen LogP contribution in [0.15, 0.2) is 0 Å². The Morgan fingerprint density at radius 3 is 2.85 bits per heavy atom. The van der Waals surface area contributed by atoms with Crippen LogP contribution in [0.5, 0.6) is 0 Å². The van der Waals surface area contributed by atoms with E-state index in [0.717, 1.165) is 13.0 Å². The van der Waals surface area contributed by atoms with E-state index in [-0.39, 0.29) is 18.8 Å². The van der Waals surface area contributed by atoms with Crippen molar-refractivity contribution >= 4 is 15.9 Å². The SMILES string of the molecule is OCC1CCCCN1CC(O)CBr. The van der Waals surface area contributed by atoms with Gasteiger partial charge in [-0.3, -0.25) is 4.90 Å². The largest absolute Gasteiger partial charge is 0.395 e. The zero-order valence-electron chi connectivity index (χ0n) is 7.82. The molecule has 13 heavy (non-hydrogen) atoms. The molecule has 78 valence electrons. The van der Waals surface area contributed by atoms with Gasteiger partial charge < -0.3 is 10.2 Å². The van der Waals surface area contributed by atoms with Gasteiger partial charge in [0.1, 0.15) is 0 Å². The van der Waals surface area contributed by atoms with Crippen LogP contribution in [0.3, 0.4) is 0 Å². The summed E-state index contributed by atoms with van der Waals surface area (Å²) in [4.78, 5) is 2.19. The van der Waals surface area contributed by atoms with Crippen molar-refractivity contribution in [2.24, 2.45) is 0 Å². The Bertz CT molecular complexity index is 146. The molecule has 0 bridgehead atoms. The van der Waals surface area contributed by atoms with Crippen LogP contribution < -0.4 is 0 Å². The van der Waals surface area contributed by atoms with Gasteiger partial charge in [0, 0.05) is 17.9 Å². The fraction of sp³-hybridized carbons (Fsp3) is 1.00. The quantitative estimate of drug-likeness (QED) is 0.720. The molecular weight excluding hydrogens is 234 g/mol. The first-order valence-electron chi connectivity index (χ1n) is 4.87. The maximum Gasteiger partial charge on any atom is 0.0763 e. The monoisotopic (exact) mass is 251 g/mol. The zero-order chi connectivity index (χ0) is 9.68. The molecule has 1 aliphatic heterocycles. The van der Waals surface area contributed by atoms with Gasteiger partial charge >= 0.3 is 0 Å². The number of halogens is 1. The standard InChI is InChI=1S/C9H18BrNO2/c10-5-9(13)6-11-4-2-1-3-8(11)7-12/h8-9,12-13H,1-7H2. The highest BCUT2D eigenvalue weighted by atomic mass is 79.9. The van der Waals surface area contributed by atoms with Gasteiger partial charge in [0.25, 0.3) is 0 Å². The Labute approximate surface area is 87.9 Å². The number of hydrogen-bond donors (Lipinski definition) is 2. The van der Waals surface area contributed by atoms with E-state index in [9.17, 15) is 5.11 Å². The highest BCUT2D eigenvalue weighted by Gasteiger charge is 2.22. The van der Waals surface area contributed by atoms with Crippen LogP contribution in [0.25, 0.3) is 0 Å². The van der Waals surface area contributed by atoms with Gasteiger partial charge in [0.05, 0.1) is 12.7 Å². The maximum absolute atomic E-state index is 9.45. The summed E-state index contributed by atoms with van der Waals surface area (Å²) in [7, 11) is 0. The molecule has 0 aromatic heterocycles. The normalized spacial score (nSPS) is 27.5. The predicted molar refractivity (Wildman–Crippen MR) is 56.1 cm³/mol. The third kappa shape index (κ3) is 3.54. The number of hydrogen-bond acceptors (Lipinski definition) is 3. The molecule has 4 heteroatoms. The van der Waals surface area contributed by atoms with E-state index >= 15 is 0 Å². The van der Waals surface area contributed by atoms with Crippen LogP contribution in [-0.2, 0) is 0 Å². The molecule has 3 nitrogen and oxygen atoms in total. The zero-order valence-corrected chi connectivity index (χ0v) is 9.41. The summed E-state index contributed by atoms with van der Waals surface area (Å²) in [5.74, 6) is 0. The Balaban J connectivity index is 2.35. The molecule has 0 aliphatic carbocycles. The number of aliphatic hydroxyl groups excluding tert-OH is 2. The summed E-state index contributed by atoms with van der Waals surface area (Å²) in [6, 6.07) is 0.266. The lowest BCUT2D eigenvalue weighted by Crippen LogP contribution is -2.45. The van der Waals surface area contributed by atoms with Crippen molar-refractivity contribution in [1.29, 1.82) is 0 Å². The van der Waals surface area contributed by atoms with Crippen LogP contribution >= 0.6 is 15.9 Å². The van der Waals surface area contributed by atoms with Crippen LogP contribution in [0.1, 0.15) is 19.3 Å². The number of rotatable bonds is 4. The van der Waals surface area contributed by atoms with Crippen molar-refractivity contribution < 1.29 is 10.2 Å². The third-order valence-electron chi connectivity index (χ3n) is 2.58. The molecule has 0 radical (unpaired) electrons. The minimum atomic E-state index is -0.313. The molecule has 1 rings (SSSR count). The third-order valence-corrected chi connectivity index (χ3v) is 3.33. The van der Waals surface area contributed by atoms with E-state index in [4.69, 9.17) is 5.11 Å². The molecule has 1 fully saturated rings. The molecular formula is C9H18BrNO2. The van der Waals surface area contributed by atoms with E-state index in [1.165, 1.54) is 12.8 Å². The second-order valence-electron chi connectivity index (χ2n) is 3.64. The van der Waals surface area contributed by atoms with E-state index in [1.54, 1.807) is 0 Å². The van der Waals surface area contributed by atoms with Gasteiger partial charge in [-0.15, -0.1) is 0 Å². The van der Waals surface area contributed by atoms with Crippen molar-refractivity contribution in [2.45, 2.75) is 31.4 Å². The minimum absolute atomic E-state index is 0.217. The molecule has 0 amide bonds. The summed E-state index contributed by atoms with van der Waals surface area (Å²) in [5.41, 5.74) is 0. The van der Waals surface area contributed by atoms with Crippen molar-refractivity contribution in [1.82, 2.24) is 4.90 Å². The first-order chi connectivity index (χ1) is 6.27. The summed E-state index contributed by atoms with van der Waals surface area (Å²) in [5, 5.41) is 19.2. The van der Waals surface area contributed by atoms with Gasteiger partial charge in [-0.2, -0.15) is 0 Å². The number of piperidine rings is 1. The fourth-order valence-corrected chi connectivity index (χ4v) is 2.03. The lowest BCUT2D eigenvalue weighted by Gasteiger charge is -2.35. The number of likely N-dealkylation sites (tertiary alicyclic amines) is 1. The molecule has 0 saturated carbocycles. The fourth-order valence-electron chi connectivity index (χ4n) is 1.83. The summed E-state index contributed by atoms with van der Waals surface area (Å²) in [6.07, 6.45) is 3.13. The lowest BCUT2D eigenvalue weighted by molar-refractivity contribution is 0.0503. The van der Waals surface area contributed by atoms with E-state index < -0.39 is 0 Å². The Hall–Kier alpha value is 0.360. The molecule has 0 spiro atoms. The van der Waals surface area contributed by atoms with E-state index in [0.29, 0.717) is 11.9 Å². The van der Waals surface area contributed by atoms with Crippen LogP contribution in [0.2, 0.25) is 0 Å². The molecule has 2 N–H and O–H groups in total. The van der Waals surface area contributed by atoms with Crippen molar-refractivity contribution in [3.8, 4) is 0 Å². The Morgan fingerprint density at radius 1 is 1.46 bits per heavy atom. The summed E-state index contributed by atoms with van der Waals surface area (Å²) in [6.45, 7) is 1.90. The van der Waals surface area contributed by atoms with E-state index in [2.05, 4.69) is 20.8 Å². The van der Waals surface area contributed by atoms with Crippen LogP contribution in [-0.4, -0.2) is 52.3 Å². The summed E-state index contributed by atoms with van der Waals surface area (Å²) >= 11 is 3.24. The molecule has 0 aromatic carbocycles. The average Bonchev–Trinajstić information content (AvgIpc) is 2.18. The molecule has 1 heterocycles.